The van der Waals surface area contributed by atoms with Crippen molar-refractivity contribution in [1.29, 1.82) is 0 Å². The summed E-state index contributed by atoms with van der Waals surface area (Å²) in [5, 5.41) is 1.03. The molecule has 2 N–H and O–H groups in total. The number of imidazole rings is 1. The van der Waals surface area contributed by atoms with Gasteiger partial charge in [0.05, 0.1) is 27.5 Å². The van der Waals surface area contributed by atoms with Crippen LogP contribution in [0, 0.1) is 0 Å². The van der Waals surface area contributed by atoms with E-state index in [2.05, 4.69) is 34.6 Å². The third-order valence-corrected chi connectivity index (χ3v) is 7.97. The maximum absolute atomic E-state index is 6.67. The molecule has 8 heteroatoms. The zero-order valence-electron chi connectivity index (χ0n) is 17.1. The molecule has 0 amide bonds. The standard InChI is InChI=1S/C22H24N6S2/c1-3-4-7-29-22-19(23)18-15(17-11-26-20(28(17)2)13-5-6-13)8-16(27-21(18)30-22)14-9-24-12-25-10-14/h8-13H,3-7,23H2,1-2H3. The lowest BCUT2D eigenvalue weighted by molar-refractivity contribution is 0.805. The van der Waals surface area contributed by atoms with E-state index in [1.807, 2.05) is 18.0 Å². The molecule has 6 nitrogen and oxygen atoms in total. The van der Waals surface area contributed by atoms with Gasteiger partial charge in [0.15, 0.2) is 0 Å². The van der Waals surface area contributed by atoms with E-state index in [1.165, 1.54) is 32.0 Å². The maximum atomic E-state index is 6.67. The summed E-state index contributed by atoms with van der Waals surface area (Å²) >= 11 is 3.51. The summed E-state index contributed by atoms with van der Waals surface area (Å²) in [5.41, 5.74) is 11.4. The van der Waals surface area contributed by atoms with Gasteiger partial charge in [0, 0.05) is 41.9 Å². The number of hydrogen-bond donors (Lipinski definition) is 1. The Balaban J connectivity index is 1.70. The molecule has 0 radical (unpaired) electrons. The highest BCUT2D eigenvalue weighted by atomic mass is 32.2. The van der Waals surface area contributed by atoms with Crippen molar-refractivity contribution in [3.63, 3.8) is 0 Å². The van der Waals surface area contributed by atoms with Crippen LogP contribution in [-0.2, 0) is 7.05 Å². The Hall–Kier alpha value is -2.45. The number of fused-ring (bicyclic) bond motifs is 1. The fourth-order valence-corrected chi connectivity index (χ4v) is 6.15. The number of rotatable bonds is 7. The number of pyridine rings is 1. The van der Waals surface area contributed by atoms with Gasteiger partial charge in [-0.25, -0.2) is 19.9 Å². The van der Waals surface area contributed by atoms with Crippen LogP contribution in [0.15, 0.2) is 35.2 Å². The third-order valence-electron chi connectivity index (χ3n) is 5.49. The summed E-state index contributed by atoms with van der Waals surface area (Å²) in [6, 6.07) is 2.11. The van der Waals surface area contributed by atoms with E-state index in [4.69, 9.17) is 15.7 Å². The van der Waals surface area contributed by atoms with Crippen LogP contribution in [0.4, 0.5) is 5.69 Å². The number of hydrogen-bond acceptors (Lipinski definition) is 7. The Kier molecular flexibility index (Phi) is 5.20. The molecule has 4 aromatic rings. The molecule has 0 spiro atoms. The molecule has 1 aliphatic rings. The Morgan fingerprint density at radius 1 is 1.23 bits per heavy atom. The molecule has 0 bridgehead atoms. The molecule has 0 aliphatic heterocycles. The van der Waals surface area contributed by atoms with Gasteiger partial charge in [-0.15, -0.1) is 23.1 Å². The predicted molar refractivity (Wildman–Crippen MR) is 125 cm³/mol. The highest BCUT2D eigenvalue weighted by molar-refractivity contribution is 8.01. The zero-order valence-corrected chi connectivity index (χ0v) is 18.8. The van der Waals surface area contributed by atoms with Crippen LogP contribution < -0.4 is 5.73 Å². The van der Waals surface area contributed by atoms with Gasteiger partial charge in [-0.05, 0) is 31.1 Å². The molecular formula is C22H24N6S2. The molecule has 1 aliphatic carbocycles. The van der Waals surface area contributed by atoms with Crippen molar-refractivity contribution in [2.45, 2.75) is 42.7 Å². The fraction of sp³-hybridized carbons (Fsp3) is 0.364. The van der Waals surface area contributed by atoms with E-state index < -0.39 is 0 Å². The predicted octanol–water partition coefficient (Wildman–Crippen LogP) is 5.51. The molecular weight excluding hydrogens is 412 g/mol. The van der Waals surface area contributed by atoms with Gasteiger partial charge in [-0.3, -0.25) is 0 Å². The molecule has 154 valence electrons. The summed E-state index contributed by atoms with van der Waals surface area (Å²) in [5.74, 6) is 2.81. The van der Waals surface area contributed by atoms with E-state index in [-0.39, 0.29) is 0 Å². The lowest BCUT2D eigenvalue weighted by atomic mass is 10.1. The largest absolute Gasteiger partial charge is 0.397 e. The summed E-state index contributed by atoms with van der Waals surface area (Å²) in [6.07, 6.45) is 11.9. The van der Waals surface area contributed by atoms with E-state index in [1.54, 1.807) is 23.7 Å². The van der Waals surface area contributed by atoms with Crippen molar-refractivity contribution >= 4 is 39.0 Å². The first-order chi connectivity index (χ1) is 14.7. The Labute approximate surface area is 184 Å². The molecule has 0 unspecified atom stereocenters. The second-order valence-corrected chi connectivity index (χ2v) is 10.1. The number of anilines is 1. The quantitative estimate of drug-likeness (QED) is 0.304. The van der Waals surface area contributed by atoms with Crippen LogP contribution in [-0.4, -0.2) is 30.3 Å². The van der Waals surface area contributed by atoms with Gasteiger partial charge in [0.1, 0.15) is 17.0 Å². The van der Waals surface area contributed by atoms with Crippen molar-refractivity contribution in [3.05, 3.63) is 36.8 Å². The van der Waals surface area contributed by atoms with Crippen LogP contribution in [0.1, 0.15) is 44.3 Å². The number of aromatic nitrogens is 5. The highest BCUT2D eigenvalue weighted by Crippen LogP contribution is 2.46. The Morgan fingerprint density at radius 2 is 2.03 bits per heavy atom. The Bertz CT molecular complexity index is 1190. The molecule has 0 atom stereocenters. The molecule has 0 aromatic carbocycles. The van der Waals surface area contributed by atoms with Crippen molar-refractivity contribution in [2.24, 2.45) is 7.05 Å². The Morgan fingerprint density at radius 3 is 2.77 bits per heavy atom. The first-order valence-corrected chi connectivity index (χ1v) is 12.1. The van der Waals surface area contributed by atoms with E-state index >= 15 is 0 Å². The molecule has 1 saturated carbocycles. The van der Waals surface area contributed by atoms with Crippen molar-refractivity contribution < 1.29 is 0 Å². The average Bonchev–Trinajstić information content (AvgIpc) is 3.46. The second kappa shape index (κ2) is 8.00. The van der Waals surface area contributed by atoms with E-state index in [0.717, 1.165) is 54.2 Å². The minimum Gasteiger partial charge on any atom is -0.397 e. The highest BCUT2D eigenvalue weighted by Gasteiger charge is 2.29. The first-order valence-electron chi connectivity index (χ1n) is 10.3. The van der Waals surface area contributed by atoms with Gasteiger partial charge >= 0.3 is 0 Å². The fourth-order valence-electron chi connectivity index (χ4n) is 3.69. The first kappa shape index (κ1) is 19.5. The molecule has 5 rings (SSSR count). The van der Waals surface area contributed by atoms with Gasteiger partial charge in [-0.1, -0.05) is 13.3 Å². The zero-order chi connectivity index (χ0) is 20.7. The normalized spacial score (nSPS) is 13.9. The number of thiophene rings is 1. The molecule has 4 aromatic heterocycles. The molecule has 4 heterocycles. The number of nitrogens with zero attached hydrogens (tertiary/aromatic N) is 5. The SMILES string of the molecule is CCCCSc1sc2nc(-c3cncnc3)cc(-c3cnc(C4CC4)n3C)c2c1N. The van der Waals surface area contributed by atoms with Crippen LogP contribution in [0.25, 0.3) is 32.7 Å². The lowest BCUT2D eigenvalue weighted by Gasteiger charge is -2.10. The monoisotopic (exact) mass is 436 g/mol. The topological polar surface area (TPSA) is 82.5 Å². The number of unbranched alkanes of at least 4 members (excludes halogenated alkanes) is 1. The van der Waals surface area contributed by atoms with E-state index in [0.29, 0.717) is 5.92 Å². The molecule has 30 heavy (non-hydrogen) atoms. The lowest BCUT2D eigenvalue weighted by Crippen LogP contribution is -1.99. The van der Waals surface area contributed by atoms with Gasteiger partial charge < -0.3 is 10.3 Å². The van der Waals surface area contributed by atoms with E-state index in [9.17, 15) is 0 Å². The summed E-state index contributed by atoms with van der Waals surface area (Å²) in [6.45, 7) is 2.21. The van der Waals surface area contributed by atoms with Crippen molar-refractivity contribution in [1.82, 2.24) is 24.5 Å². The van der Waals surface area contributed by atoms with Crippen molar-refractivity contribution in [3.8, 4) is 22.5 Å². The van der Waals surface area contributed by atoms with Crippen LogP contribution in [0.5, 0.6) is 0 Å². The van der Waals surface area contributed by atoms with Crippen LogP contribution in [0.3, 0.4) is 0 Å². The van der Waals surface area contributed by atoms with Crippen LogP contribution >= 0.6 is 23.1 Å². The second-order valence-electron chi connectivity index (χ2n) is 7.70. The van der Waals surface area contributed by atoms with Gasteiger partial charge in [0.2, 0.25) is 0 Å². The molecule has 1 fully saturated rings. The maximum Gasteiger partial charge on any atom is 0.127 e. The smallest absolute Gasteiger partial charge is 0.127 e. The third kappa shape index (κ3) is 3.48. The minimum atomic E-state index is 0.586. The van der Waals surface area contributed by atoms with Crippen molar-refractivity contribution in [2.75, 3.05) is 11.5 Å². The number of nitrogen functional groups attached to an aromatic ring is 1. The van der Waals surface area contributed by atoms with Crippen LogP contribution in [0.2, 0.25) is 0 Å². The number of nitrogens with two attached hydrogens (primary N) is 1. The van der Waals surface area contributed by atoms with Gasteiger partial charge in [-0.2, -0.15) is 0 Å². The number of thioether (sulfide) groups is 1. The summed E-state index contributed by atoms with van der Waals surface area (Å²) in [4.78, 5) is 19.0. The minimum absolute atomic E-state index is 0.586. The molecule has 0 saturated heterocycles. The summed E-state index contributed by atoms with van der Waals surface area (Å²) in [7, 11) is 2.10. The average molecular weight is 437 g/mol. The summed E-state index contributed by atoms with van der Waals surface area (Å²) < 4.78 is 3.37. The van der Waals surface area contributed by atoms with Gasteiger partial charge in [0.25, 0.3) is 0 Å².